The van der Waals surface area contributed by atoms with Crippen LogP contribution in [0, 0.1) is 0 Å². The lowest BCUT2D eigenvalue weighted by Crippen LogP contribution is -2.32. The van der Waals surface area contributed by atoms with Crippen molar-refractivity contribution in [2.45, 2.75) is 5.41 Å². The molecule has 0 saturated carbocycles. The van der Waals surface area contributed by atoms with Gasteiger partial charge >= 0.3 is 0 Å². The quantitative estimate of drug-likeness (QED) is 0.176. The molecule has 7 heterocycles. The Bertz CT molecular complexity index is 4490. The fourth-order valence-corrected chi connectivity index (χ4v) is 12.4. The normalized spacial score (nSPS) is 14.6. The van der Waals surface area contributed by atoms with E-state index < -0.39 is 5.41 Å². The van der Waals surface area contributed by atoms with Crippen molar-refractivity contribution in [3.05, 3.63) is 253 Å². The van der Waals surface area contributed by atoms with E-state index in [1.165, 1.54) is 21.5 Å². The molecule has 1 atom stereocenters. The number of nitrogens with zero attached hydrogens (tertiary/aromatic N) is 6. The van der Waals surface area contributed by atoms with Crippen LogP contribution < -0.4 is 4.74 Å². The molecule has 1 aliphatic heterocycles. The molecule has 6 aromatic heterocycles. The molecule has 1 aliphatic carbocycles. The van der Waals surface area contributed by atoms with E-state index in [4.69, 9.17) is 19.7 Å². The predicted octanol–water partition coefficient (Wildman–Crippen LogP) is 15.3. The minimum absolute atomic E-state index is 0.784. The lowest BCUT2D eigenvalue weighted by atomic mass is 9.66. The summed E-state index contributed by atoms with van der Waals surface area (Å²) < 4.78 is 13.9. The summed E-state index contributed by atoms with van der Waals surface area (Å²) in [6.45, 7) is 0. The third kappa shape index (κ3) is 5.13. The number of hydrogen-bond acceptors (Lipinski definition) is 4. The Hall–Kier alpha value is -9.59. The van der Waals surface area contributed by atoms with Gasteiger partial charge in [-0.05, 0) is 96.1 Å². The summed E-state index contributed by atoms with van der Waals surface area (Å²) in [5.41, 5.74) is 16.3. The first-order chi connectivity index (χ1) is 35.2. The van der Waals surface area contributed by atoms with Crippen LogP contribution in [0.1, 0.15) is 22.3 Å². The highest BCUT2D eigenvalue weighted by atomic mass is 16.5. The van der Waals surface area contributed by atoms with Crippen LogP contribution in [0.3, 0.4) is 0 Å². The molecule has 16 rings (SSSR count). The van der Waals surface area contributed by atoms with E-state index in [0.29, 0.717) is 0 Å². The van der Waals surface area contributed by atoms with Gasteiger partial charge in [-0.15, -0.1) is 0 Å². The maximum absolute atomic E-state index is 6.89. The topological polar surface area (TPSA) is 62.7 Å². The van der Waals surface area contributed by atoms with Crippen molar-refractivity contribution >= 4 is 65.4 Å². The second kappa shape index (κ2) is 14.2. The zero-order valence-corrected chi connectivity index (χ0v) is 38.0. The first kappa shape index (κ1) is 38.4. The van der Waals surface area contributed by atoms with Gasteiger partial charge in [0, 0.05) is 84.9 Å². The van der Waals surface area contributed by atoms with Gasteiger partial charge in [-0.1, -0.05) is 121 Å². The first-order valence-electron chi connectivity index (χ1n) is 24.1. The zero-order chi connectivity index (χ0) is 46.4. The second-order valence-corrected chi connectivity index (χ2v) is 18.7. The van der Waals surface area contributed by atoms with Gasteiger partial charge in [0.15, 0.2) is 0 Å². The molecule has 0 fully saturated rings. The highest BCUT2D eigenvalue weighted by molar-refractivity contribution is 6.12. The summed E-state index contributed by atoms with van der Waals surface area (Å²) in [4.78, 5) is 15.5. The number of para-hydroxylation sites is 6. The van der Waals surface area contributed by atoms with Gasteiger partial charge in [-0.3, -0.25) is 14.5 Å². The van der Waals surface area contributed by atoms with Gasteiger partial charge in [0.1, 0.15) is 17.3 Å². The number of ether oxygens (including phenoxy) is 1. The molecule has 0 saturated heterocycles. The van der Waals surface area contributed by atoms with Crippen molar-refractivity contribution in [1.82, 2.24) is 28.7 Å². The van der Waals surface area contributed by atoms with E-state index in [-0.39, 0.29) is 0 Å². The Morgan fingerprint density at radius 2 is 0.859 bits per heavy atom. The fourth-order valence-electron chi connectivity index (χ4n) is 12.4. The fraction of sp³-hybridized carbons (Fsp3) is 0.0156. The van der Waals surface area contributed by atoms with Crippen LogP contribution in [0.2, 0.25) is 0 Å². The van der Waals surface area contributed by atoms with Crippen molar-refractivity contribution in [3.63, 3.8) is 0 Å². The molecule has 0 amide bonds. The number of rotatable bonds is 4. The van der Waals surface area contributed by atoms with Crippen LogP contribution in [0.15, 0.2) is 231 Å². The number of pyridine rings is 3. The molecule has 1 unspecified atom stereocenters. The van der Waals surface area contributed by atoms with Crippen LogP contribution in [-0.4, -0.2) is 28.7 Å². The predicted molar refractivity (Wildman–Crippen MR) is 286 cm³/mol. The van der Waals surface area contributed by atoms with Gasteiger partial charge in [-0.2, -0.15) is 0 Å². The van der Waals surface area contributed by atoms with Crippen molar-refractivity contribution in [2.24, 2.45) is 0 Å². The van der Waals surface area contributed by atoms with Crippen molar-refractivity contribution in [1.29, 1.82) is 0 Å². The van der Waals surface area contributed by atoms with E-state index in [9.17, 15) is 0 Å². The molecule has 2 aliphatic rings. The number of hydrogen-bond donors (Lipinski definition) is 0. The van der Waals surface area contributed by atoms with Crippen molar-refractivity contribution in [2.75, 3.05) is 0 Å². The third-order valence-electron chi connectivity index (χ3n) is 15.2. The molecule has 0 bridgehead atoms. The molecule has 14 aromatic rings. The molecule has 0 radical (unpaired) electrons. The van der Waals surface area contributed by atoms with Gasteiger partial charge in [0.25, 0.3) is 0 Å². The molecular formula is C64H38N6O. The highest BCUT2D eigenvalue weighted by Gasteiger charge is 2.52. The van der Waals surface area contributed by atoms with Gasteiger partial charge in [0.05, 0.1) is 55.6 Å². The Morgan fingerprint density at radius 3 is 1.54 bits per heavy atom. The number of benzene rings is 8. The zero-order valence-electron chi connectivity index (χ0n) is 38.0. The average molecular weight is 907 g/mol. The van der Waals surface area contributed by atoms with E-state index in [1.807, 2.05) is 18.6 Å². The minimum Gasteiger partial charge on any atom is -0.457 e. The summed E-state index contributed by atoms with van der Waals surface area (Å²) >= 11 is 0. The summed E-state index contributed by atoms with van der Waals surface area (Å²) in [5, 5.41) is 7.19. The standard InChI is InChI=1S/C64H38N6O/c1-7-21-53-43(14-1)44-15-2-8-22-54(44)68(53)41-28-30-60-51(36-41)64(49-19-6-12-26-59(49)71-60)50-20-13-32-66-62(50)63-52(64)35-40(38-67-63)39-27-29-58-48(34-39)47-18-5-11-25-57(47)70(58)61-37-42(31-33-65-61)69-55-23-9-3-16-45(55)46-17-4-10-24-56(46)69/h1-38H. The lowest BCUT2D eigenvalue weighted by molar-refractivity contribution is 0.436. The Balaban J connectivity index is 0.894. The molecule has 330 valence electrons. The maximum atomic E-state index is 6.89. The van der Waals surface area contributed by atoms with Crippen LogP contribution >= 0.6 is 0 Å². The molecule has 1 spiro atoms. The SMILES string of the molecule is c1ccc2c(c1)Oc1ccc(-n3c4ccccc4c4ccccc43)cc1C21c2cccnc2-c2ncc(-c3ccc4c(c3)c3ccccc3n4-c3cc(-n4c5ccccc5c5ccccc54)ccn3)cc21. The summed E-state index contributed by atoms with van der Waals surface area (Å²) in [7, 11) is 0. The minimum atomic E-state index is -0.784. The molecule has 8 aromatic carbocycles. The molecular weight excluding hydrogens is 869 g/mol. The third-order valence-corrected chi connectivity index (χ3v) is 15.2. The largest absolute Gasteiger partial charge is 0.457 e. The molecule has 71 heavy (non-hydrogen) atoms. The highest BCUT2D eigenvalue weighted by Crippen LogP contribution is 2.62. The number of aromatic nitrogens is 6. The van der Waals surface area contributed by atoms with Crippen LogP contribution in [0.25, 0.3) is 105 Å². The first-order valence-corrected chi connectivity index (χ1v) is 24.1. The monoisotopic (exact) mass is 906 g/mol. The number of fused-ring (bicyclic) bond motifs is 18. The van der Waals surface area contributed by atoms with E-state index >= 15 is 0 Å². The molecule has 0 N–H and O–H groups in total. The van der Waals surface area contributed by atoms with Crippen LogP contribution in [0.5, 0.6) is 11.5 Å². The smallest absolute Gasteiger partial charge is 0.139 e. The van der Waals surface area contributed by atoms with Gasteiger partial charge < -0.3 is 13.9 Å². The molecule has 7 heteroatoms. The van der Waals surface area contributed by atoms with Crippen molar-refractivity contribution in [3.8, 4) is 51.2 Å². The van der Waals surface area contributed by atoms with Crippen LogP contribution in [0.4, 0.5) is 0 Å². The second-order valence-electron chi connectivity index (χ2n) is 18.7. The van der Waals surface area contributed by atoms with Crippen molar-refractivity contribution < 1.29 is 4.74 Å². The average Bonchev–Trinajstić information content (AvgIpc) is 4.15. The Labute approximate surface area is 406 Å². The van der Waals surface area contributed by atoms with Gasteiger partial charge in [0.2, 0.25) is 0 Å². The summed E-state index contributed by atoms with van der Waals surface area (Å²) in [6.07, 6.45) is 5.84. The van der Waals surface area contributed by atoms with E-state index in [0.717, 1.165) is 117 Å². The van der Waals surface area contributed by atoms with Gasteiger partial charge in [-0.25, -0.2) is 4.98 Å². The maximum Gasteiger partial charge on any atom is 0.139 e. The molecule has 7 nitrogen and oxygen atoms in total. The summed E-state index contributed by atoms with van der Waals surface area (Å²) in [6, 6.07) is 76.2. The summed E-state index contributed by atoms with van der Waals surface area (Å²) in [5.74, 6) is 2.49. The van der Waals surface area contributed by atoms with Crippen LogP contribution in [-0.2, 0) is 5.41 Å². The Kier molecular flexibility index (Phi) is 7.69. The van der Waals surface area contributed by atoms with E-state index in [2.05, 4.69) is 226 Å². The van der Waals surface area contributed by atoms with E-state index in [1.54, 1.807) is 0 Å². The Morgan fingerprint density at radius 1 is 0.324 bits per heavy atom. The lowest BCUT2D eigenvalue weighted by Gasteiger charge is -2.39.